The van der Waals surface area contributed by atoms with Crippen molar-refractivity contribution in [3.8, 4) is 23.0 Å². The third-order valence-electron chi connectivity index (χ3n) is 6.52. The molecule has 12 nitrogen and oxygen atoms in total. The van der Waals surface area contributed by atoms with E-state index in [1.165, 1.54) is 37.6 Å². The van der Waals surface area contributed by atoms with Crippen LogP contribution in [0.25, 0.3) is 10.9 Å². The van der Waals surface area contributed by atoms with E-state index in [2.05, 4.69) is 14.6 Å². The second-order valence-corrected chi connectivity index (χ2v) is 10.9. The predicted octanol–water partition coefficient (Wildman–Crippen LogP) is 4.38. The van der Waals surface area contributed by atoms with Gasteiger partial charge in [-0.2, -0.15) is 0 Å². The fourth-order valence-corrected chi connectivity index (χ4v) is 5.64. The Bertz CT molecular complexity index is 1670. The van der Waals surface area contributed by atoms with Crippen molar-refractivity contribution in [3.63, 3.8) is 0 Å². The van der Waals surface area contributed by atoms with Crippen LogP contribution in [-0.4, -0.2) is 70.1 Å². The molecule has 4 aromatic rings. The van der Waals surface area contributed by atoms with E-state index >= 15 is 4.39 Å². The fraction of sp³-hybridized carbons (Fsp3) is 0.250. The lowest BCUT2D eigenvalue weighted by Crippen LogP contribution is -2.38. The van der Waals surface area contributed by atoms with E-state index in [0.29, 0.717) is 42.2 Å². The summed E-state index contributed by atoms with van der Waals surface area (Å²) in [6.45, 7) is 4.28. The summed E-state index contributed by atoms with van der Waals surface area (Å²) >= 11 is 0. The molecule has 2 heterocycles. The summed E-state index contributed by atoms with van der Waals surface area (Å²) in [6.07, 6.45) is 1.51. The molecule has 1 aliphatic heterocycles. The van der Waals surface area contributed by atoms with Crippen LogP contribution in [0.15, 0.2) is 71.8 Å². The molecule has 1 saturated heterocycles. The van der Waals surface area contributed by atoms with Crippen LogP contribution in [0, 0.1) is 11.0 Å². The average Bonchev–Trinajstić information content (AvgIpc) is 2.98. The molecule has 3 aromatic carbocycles. The zero-order chi connectivity index (χ0) is 29.7. The highest BCUT2D eigenvalue weighted by Gasteiger charge is 2.20. The van der Waals surface area contributed by atoms with Crippen molar-refractivity contribution in [2.24, 2.45) is 0 Å². The van der Waals surface area contributed by atoms with Gasteiger partial charge in [-0.1, -0.05) is 12.1 Å². The Morgan fingerprint density at radius 3 is 2.60 bits per heavy atom. The van der Waals surface area contributed by atoms with Gasteiger partial charge in [0.05, 0.1) is 37.2 Å². The van der Waals surface area contributed by atoms with Crippen LogP contribution >= 0.6 is 0 Å². The van der Waals surface area contributed by atoms with Crippen LogP contribution in [0.4, 0.5) is 15.8 Å². The topological polar surface area (TPSA) is 146 Å². The number of sulfonamides is 1. The lowest BCUT2D eigenvalue weighted by molar-refractivity contribution is 0.0321. The minimum absolute atomic E-state index is 0.120. The number of benzene rings is 3. The Morgan fingerprint density at radius 1 is 1.07 bits per heavy atom. The van der Waals surface area contributed by atoms with Gasteiger partial charge in [-0.3, -0.25) is 19.8 Å². The van der Waals surface area contributed by atoms with Gasteiger partial charge >= 0.3 is 0 Å². The molecule has 0 radical (unpaired) electrons. The molecular formula is C28H28FN4O8S-. The van der Waals surface area contributed by atoms with Gasteiger partial charge in [-0.25, -0.2) is 12.8 Å². The number of halogens is 1. The van der Waals surface area contributed by atoms with Gasteiger partial charge in [0.25, 0.3) is 10.0 Å². The van der Waals surface area contributed by atoms with E-state index in [4.69, 9.17) is 18.9 Å². The van der Waals surface area contributed by atoms with Gasteiger partial charge in [0.15, 0.2) is 23.1 Å². The van der Waals surface area contributed by atoms with Crippen molar-refractivity contribution < 1.29 is 37.0 Å². The van der Waals surface area contributed by atoms with E-state index in [1.807, 2.05) is 0 Å². The second-order valence-electron chi connectivity index (χ2n) is 9.23. The van der Waals surface area contributed by atoms with Crippen molar-refractivity contribution in [3.05, 3.63) is 77.9 Å². The second kappa shape index (κ2) is 12.8. The molecule has 1 aliphatic rings. The summed E-state index contributed by atoms with van der Waals surface area (Å²) in [7, 11) is -2.82. The first-order chi connectivity index (χ1) is 20.2. The van der Waals surface area contributed by atoms with Gasteiger partial charge in [0, 0.05) is 43.4 Å². The van der Waals surface area contributed by atoms with Crippen molar-refractivity contribution in [1.82, 2.24) is 9.88 Å². The highest BCUT2D eigenvalue weighted by atomic mass is 32.2. The van der Waals surface area contributed by atoms with Gasteiger partial charge < -0.3 is 29.4 Å². The normalized spacial score (nSPS) is 14.0. The number of methoxy groups -OCH3 is 1. The molecule has 5 rings (SSSR count). The van der Waals surface area contributed by atoms with Gasteiger partial charge in [0.1, 0.15) is 17.3 Å². The first kappa shape index (κ1) is 29.3. The van der Waals surface area contributed by atoms with Crippen LogP contribution in [0.2, 0.25) is 0 Å². The van der Waals surface area contributed by atoms with E-state index in [0.717, 1.165) is 37.8 Å². The highest BCUT2D eigenvalue weighted by Crippen LogP contribution is 2.38. The van der Waals surface area contributed by atoms with Crippen molar-refractivity contribution in [2.75, 3.05) is 56.5 Å². The number of morpholine rings is 1. The summed E-state index contributed by atoms with van der Waals surface area (Å²) in [4.78, 5) is 6.15. The van der Waals surface area contributed by atoms with Crippen LogP contribution < -0.4 is 24.2 Å². The summed E-state index contributed by atoms with van der Waals surface area (Å²) < 4.78 is 65.7. The molecule has 42 heavy (non-hydrogen) atoms. The molecule has 222 valence electrons. The van der Waals surface area contributed by atoms with Gasteiger partial charge in [0.2, 0.25) is 0 Å². The maximum atomic E-state index is 15.1. The quantitative estimate of drug-likeness (QED) is 0.237. The predicted molar refractivity (Wildman–Crippen MR) is 152 cm³/mol. The Hall–Kier alpha value is -4.21. The molecule has 14 heteroatoms. The summed E-state index contributed by atoms with van der Waals surface area (Å²) in [5, 5.41) is 20.6. The number of nitrogens with one attached hydrogen (secondary N) is 1. The molecule has 0 bridgehead atoms. The monoisotopic (exact) mass is 599 g/mol. The molecule has 1 aromatic heterocycles. The number of ether oxygens (including phenoxy) is 4. The smallest absolute Gasteiger partial charge is 0.264 e. The Morgan fingerprint density at radius 2 is 1.86 bits per heavy atom. The third-order valence-corrected chi connectivity index (χ3v) is 7.95. The summed E-state index contributed by atoms with van der Waals surface area (Å²) in [5.41, 5.74) is -0.0735. The standard InChI is InChI=1S/C28H28FN4O8S/c1-38-26-17-20-22(18-27(26)40-15-12-32-10-13-39-14-11-32)30-9-8-24(20)41-25-7-6-19(16-21(25)29)31-42(36,37)28-5-3-2-4-23(28)33(34)35/h2-9,16-18,31,34H,10-15H2,1H3/q-1. The van der Waals surface area contributed by atoms with Crippen molar-refractivity contribution in [1.29, 1.82) is 0 Å². The van der Waals surface area contributed by atoms with Crippen molar-refractivity contribution >= 4 is 32.3 Å². The Labute approximate surface area is 241 Å². The summed E-state index contributed by atoms with van der Waals surface area (Å²) in [6, 6.07) is 13.5. The number of para-hydroxylation sites is 1. The lowest BCUT2D eigenvalue weighted by atomic mass is 10.1. The minimum atomic E-state index is -4.33. The van der Waals surface area contributed by atoms with Crippen LogP contribution in [0.5, 0.6) is 23.0 Å². The first-order valence-electron chi connectivity index (χ1n) is 12.9. The number of hydrogen-bond acceptors (Lipinski definition) is 11. The Kier molecular flexibility index (Phi) is 8.89. The average molecular weight is 600 g/mol. The fourth-order valence-electron chi connectivity index (χ4n) is 4.42. The van der Waals surface area contributed by atoms with E-state index in [-0.39, 0.29) is 17.2 Å². The molecular weight excluding hydrogens is 571 g/mol. The molecule has 1 fully saturated rings. The van der Waals surface area contributed by atoms with E-state index in [1.54, 1.807) is 18.2 Å². The zero-order valence-electron chi connectivity index (χ0n) is 22.5. The first-order valence-corrected chi connectivity index (χ1v) is 14.4. The minimum Gasteiger partial charge on any atom is -0.733 e. The zero-order valence-corrected chi connectivity index (χ0v) is 23.3. The molecule has 0 atom stereocenters. The van der Waals surface area contributed by atoms with Gasteiger partial charge in [-0.15, -0.1) is 0 Å². The third kappa shape index (κ3) is 6.64. The van der Waals surface area contributed by atoms with Crippen LogP contribution in [0.3, 0.4) is 0 Å². The number of hydrogen-bond donors (Lipinski definition) is 2. The van der Waals surface area contributed by atoms with Crippen LogP contribution in [-0.2, 0) is 14.8 Å². The SMILES string of the molecule is COc1cc2c(Oc3ccc(NS(=O)(=O)c4ccccc4N([O-])O)cc3F)ccnc2cc1OCCN1CCOCC1. The van der Waals surface area contributed by atoms with E-state index in [9.17, 15) is 18.8 Å². The lowest BCUT2D eigenvalue weighted by Gasteiger charge is -2.26. The highest BCUT2D eigenvalue weighted by molar-refractivity contribution is 7.92. The van der Waals surface area contributed by atoms with Crippen LogP contribution in [0.1, 0.15) is 0 Å². The number of aromatic nitrogens is 1. The van der Waals surface area contributed by atoms with Gasteiger partial charge in [-0.05, 0) is 36.4 Å². The molecule has 2 N–H and O–H groups in total. The molecule has 0 spiro atoms. The number of pyridine rings is 1. The number of fused-ring (bicyclic) bond motifs is 1. The molecule has 0 unspecified atom stereocenters. The number of rotatable bonds is 11. The maximum absolute atomic E-state index is 15.1. The molecule has 0 aliphatic carbocycles. The molecule has 0 saturated carbocycles. The van der Waals surface area contributed by atoms with E-state index < -0.39 is 31.6 Å². The maximum Gasteiger partial charge on any atom is 0.264 e. The largest absolute Gasteiger partial charge is 0.733 e. The molecule has 0 amide bonds. The number of nitrogens with zero attached hydrogens (tertiary/aromatic N) is 3. The number of anilines is 2. The Balaban J connectivity index is 1.33. The summed E-state index contributed by atoms with van der Waals surface area (Å²) in [5.74, 6) is 0.228. The van der Waals surface area contributed by atoms with Crippen molar-refractivity contribution in [2.45, 2.75) is 4.90 Å².